The van der Waals surface area contributed by atoms with Crippen molar-refractivity contribution in [2.24, 2.45) is 5.73 Å². The summed E-state index contributed by atoms with van der Waals surface area (Å²) in [5.74, 6) is 0.835. The van der Waals surface area contributed by atoms with E-state index in [4.69, 9.17) is 22.1 Å². The van der Waals surface area contributed by atoms with Crippen LogP contribution in [-0.2, 0) is 18.4 Å². The van der Waals surface area contributed by atoms with Crippen molar-refractivity contribution in [1.29, 1.82) is 0 Å². The van der Waals surface area contributed by atoms with Crippen LogP contribution in [0.1, 0.15) is 54.4 Å². The highest BCUT2D eigenvalue weighted by molar-refractivity contribution is 6.33. The fraction of sp³-hybridized carbons (Fsp3) is 0.625. The zero-order valence-electron chi connectivity index (χ0n) is 11.8. The molecule has 0 spiro atoms. The van der Waals surface area contributed by atoms with E-state index in [2.05, 4.69) is 6.92 Å². The van der Waals surface area contributed by atoms with Crippen molar-refractivity contribution < 1.29 is 4.74 Å². The predicted octanol–water partition coefficient (Wildman–Crippen LogP) is 3.87. The van der Waals surface area contributed by atoms with E-state index in [0.717, 1.165) is 36.5 Å². The van der Waals surface area contributed by atoms with Crippen LogP contribution in [0.2, 0.25) is 5.02 Å². The molecule has 3 heteroatoms. The molecule has 1 saturated carbocycles. The van der Waals surface area contributed by atoms with Gasteiger partial charge in [0.15, 0.2) is 0 Å². The fourth-order valence-electron chi connectivity index (χ4n) is 3.73. The lowest BCUT2D eigenvalue weighted by atomic mass is 9.69. The van der Waals surface area contributed by atoms with Gasteiger partial charge in [0.25, 0.3) is 0 Å². The van der Waals surface area contributed by atoms with E-state index in [-0.39, 0.29) is 5.54 Å². The maximum Gasteiger partial charge on any atom is 0.143 e. The fourth-order valence-corrected chi connectivity index (χ4v) is 4.11. The second-order valence-electron chi connectivity index (χ2n) is 6.02. The molecular weight excluding hydrogens is 258 g/mol. The number of hydrogen-bond donors (Lipinski definition) is 1. The second kappa shape index (κ2) is 4.68. The van der Waals surface area contributed by atoms with Crippen molar-refractivity contribution in [1.82, 2.24) is 0 Å². The molecule has 0 atom stereocenters. The van der Waals surface area contributed by atoms with Crippen molar-refractivity contribution in [3.05, 3.63) is 27.3 Å². The van der Waals surface area contributed by atoms with Crippen molar-refractivity contribution >= 4 is 11.6 Å². The molecule has 0 radical (unpaired) electrons. The van der Waals surface area contributed by atoms with Gasteiger partial charge in [0.2, 0.25) is 0 Å². The molecule has 1 fully saturated rings. The van der Waals surface area contributed by atoms with E-state index in [0.29, 0.717) is 0 Å². The minimum Gasteiger partial charge on any atom is -0.495 e. The number of rotatable bonds is 2. The Morgan fingerprint density at radius 3 is 2.26 bits per heavy atom. The third-order valence-corrected chi connectivity index (χ3v) is 5.33. The summed E-state index contributed by atoms with van der Waals surface area (Å²) in [6.07, 6.45) is 7.97. The molecule has 0 unspecified atom stereocenters. The van der Waals surface area contributed by atoms with E-state index in [1.807, 2.05) is 0 Å². The van der Waals surface area contributed by atoms with Gasteiger partial charge in [-0.05, 0) is 68.6 Å². The average Bonchev–Trinajstić information content (AvgIpc) is 2.40. The Balaban J connectivity index is 2.25. The van der Waals surface area contributed by atoms with Gasteiger partial charge < -0.3 is 10.5 Å². The Morgan fingerprint density at radius 1 is 1.11 bits per heavy atom. The zero-order chi connectivity index (χ0) is 13.6. The van der Waals surface area contributed by atoms with Crippen LogP contribution in [-0.4, -0.2) is 7.11 Å². The first-order valence-electron chi connectivity index (χ1n) is 7.25. The van der Waals surface area contributed by atoms with E-state index < -0.39 is 0 Å². The Kier molecular flexibility index (Phi) is 3.26. The van der Waals surface area contributed by atoms with Gasteiger partial charge in [-0.2, -0.15) is 0 Å². The monoisotopic (exact) mass is 279 g/mol. The summed E-state index contributed by atoms with van der Waals surface area (Å²) in [5, 5.41) is 0.814. The lowest BCUT2D eigenvalue weighted by Crippen LogP contribution is -2.44. The normalized spacial score (nSPS) is 20.6. The lowest BCUT2D eigenvalue weighted by Gasteiger charge is -2.42. The standard InChI is InChI=1S/C16H22ClNO/c1-10-11-6-3-4-7-12(11)14(17)15(19-2)13(10)16(18)8-5-9-16/h3-9,18H2,1-2H3. The molecule has 104 valence electrons. The first kappa shape index (κ1) is 13.3. The van der Waals surface area contributed by atoms with Gasteiger partial charge in [0.05, 0.1) is 12.1 Å². The number of fused-ring (bicyclic) bond motifs is 1. The van der Waals surface area contributed by atoms with Crippen LogP contribution < -0.4 is 10.5 Å². The van der Waals surface area contributed by atoms with Crippen LogP contribution in [0.4, 0.5) is 0 Å². The lowest BCUT2D eigenvalue weighted by molar-refractivity contribution is 0.242. The molecule has 0 saturated heterocycles. The molecule has 19 heavy (non-hydrogen) atoms. The van der Waals surface area contributed by atoms with E-state index in [1.165, 1.54) is 41.5 Å². The first-order chi connectivity index (χ1) is 9.08. The summed E-state index contributed by atoms with van der Waals surface area (Å²) >= 11 is 6.61. The Bertz CT molecular complexity index is 520. The highest BCUT2D eigenvalue weighted by Crippen LogP contribution is 2.50. The van der Waals surface area contributed by atoms with Gasteiger partial charge >= 0.3 is 0 Å². The molecule has 1 aromatic carbocycles. The van der Waals surface area contributed by atoms with Crippen LogP contribution >= 0.6 is 11.6 Å². The smallest absolute Gasteiger partial charge is 0.143 e. The van der Waals surface area contributed by atoms with Crippen LogP contribution in [0.25, 0.3) is 0 Å². The molecule has 0 amide bonds. The minimum absolute atomic E-state index is 0.217. The highest BCUT2D eigenvalue weighted by Gasteiger charge is 2.40. The van der Waals surface area contributed by atoms with E-state index in [9.17, 15) is 0 Å². The number of halogens is 1. The van der Waals surface area contributed by atoms with Crippen LogP contribution in [0, 0.1) is 6.92 Å². The zero-order valence-corrected chi connectivity index (χ0v) is 12.6. The van der Waals surface area contributed by atoms with Crippen LogP contribution in [0.15, 0.2) is 0 Å². The number of ether oxygens (including phenoxy) is 1. The molecular formula is C16H22ClNO. The Labute approximate surface area is 120 Å². The first-order valence-corrected chi connectivity index (χ1v) is 7.63. The van der Waals surface area contributed by atoms with Crippen LogP contribution in [0.3, 0.4) is 0 Å². The summed E-state index contributed by atoms with van der Waals surface area (Å²) in [4.78, 5) is 0. The average molecular weight is 280 g/mol. The van der Waals surface area contributed by atoms with Crippen LogP contribution in [0.5, 0.6) is 5.75 Å². The van der Waals surface area contributed by atoms with Gasteiger partial charge in [-0.25, -0.2) is 0 Å². The Morgan fingerprint density at radius 2 is 1.74 bits per heavy atom. The molecule has 1 aromatic rings. The molecule has 2 aliphatic rings. The summed E-state index contributed by atoms with van der Waals surface area (Å²) < 4.78 is 5.63. The topological polar surface area (TPSA) is 35.2 Å². The van der Waals surface area contributed by atoms with E-state index >= 15 is 0 Å². The number of hydrogen-bond acceptors (Lipinski definition) is 2. The summed E-state index contributed by atoms with van der Waals surface area (Å²) in [6.45, 7) is 2.20. The molecule has 0 heterocycles. The number of benzene rings is 1. The molecule has 3 rings (SSSR count). The molecule has 0 aromatic heterocycles. The van der Waals surface area contributed by atoms with Crippen molar-refractivity contribution in [2.45, 2.75) is 57.4 Å². The SMILES string of the molecule is COc1c(Cl)c2c(c(C)c1C1(N)CCC1)CCCC2. The molecule has 0 bridgehead atoms. The second-order valence-corrected chi connectivity index (χ2v) is 6.40. The molecule has 2 nitrogen and oxygen atoms in total. The minimum atomic E-state index is -0.217. The third kappa shape index (κ3) is 1.88. The van der Waals surface area contributed by atoms with Crippen molar-refractivity contribution in [3.63, 3.8) is 0 Å². The molecule has 0 aliphatic heterocycles. The summed E-state index contributed by atoms with van der Waals surface area (Å²) in [6, 6.07) is 0. The Hall–Kier alpha value is -0.730. The number of methoxy groups -OCH3 is 1. The van der Waals surface area contributed by atoms with Gasteiger partial charge in [0, 0.05) is 11.1 Å². The summed E-state index contributed by atoms with van der Waals surface area (Å²) in [5.41, 5.74) is 11.6. The highest BCUT2D eigenvalue weighted by atomic mass is 35.5. The van der Waals surface area contributed by atoms with E-state index in [1.54, 1.807) is 7.11 Å². The maximum atomic E-state index is 6.61. The third-order valence-electron chi connectivity index (χ3n) is 4.93. The number of nitrogens with two attached hydrogens (primary N) is 1. The van der Waals surface area contributed by atoms with Crippen molar-refractivity contribution in [3.8, 4) is 5.75 Å². The predicted molar refractivity (Wildman–Crippen MR) is 79.1 cm³/mol. The van der Waals surface area contributed by atoms with Crippen molar-refractivity contribution in [2.75, 3.05) is 7.11 Å². The maximum absolute atomic E-state index is 6.61. The summed E-state index contributed by atoms with van der Waals surface area (Å²) in [7, 11) is 1.71. The van der Waals surface area contributed by atoms with Gasteiger partial charge in [-0.1, -0.05) is 11.6 Å². The van der Waals surface area contributed by atoms with Gasteiger partial charge in [-0.3, -0.25) is 0 Å². The molecule has 2 aliphatic carbocycles. The largest absolute Gasteiger partial charge is 0.495 e. The van der Waals surface area contributed by atoms with Gasteiger partial charge in [0.1, 0.15) is 5.75 Å². The van der Waals surface area contributed by atoms with Gasteiger partial charge in [-0.15, -0.1) is 0 Å². The molecule has 2 N–H and O–H groups in total. The quantitative estimate of drug-likeness (QED) is 0.892.